The first kappa shape index (κ1) is 26.1. The number of amides is 2. The van der Waals surface area contributed by atoms with Crippen molar-refractivity contribution in [3.8, 4) is 11.5 Å². The standard InChI is InChI=1S/C28H28FN3O4S/c1-3-36-24-6-4-5-21(17-24)30-26(33)18-25-27(34)32(22-11-13-23(35-2)14-12-22)28(37)31(25)16-15-19-7-9-20(29)10-8-19/h4-14,17,25H,3,15-16,18H2,1-2H3,(H,30,33)/t25-/m0/s1. The second-order valence-electron chi connectivity index (χ2n) is 8.45. The molecule has 7 nitrogen and oxygen atoms in total. The molecule has 3 aromatic rings. The molecule has 37 heavy (non-hydrogen) atoms. The topological polar surface area (TPSA) is 71.1 Å². The summed E-state index contributed by atoms with van der Waals surface area (Å²) >= 11 is 5.72. The highest BCUT2D eigenvalue weighted by atomic mass is 32.1. The number of ether oxygens (including phenoxy) is 2. The molecule has 4 rings (SSSR count). The van der Waals surface area contributed by atoms with Crippen molar-refractivity contribution < 1.29 is 23.5 Å². The van der Waals surface area contributed by atoms with Gasteiger partial charge >= 0.3 is 0 Å². The molecule has 1 aliphatic heterocycles. The summed E-state index contributed by atoms with van der Waals surface area (Å²) in [5, 5.41) is 3.17. The average molecular weight is 522 g/mol. The molecule has 1 fully saturated rings. The Morgan fingerprint density at radius 1 is 1.05 bits per heavy atom. The van der Waals surface area contributed by atoms with Gasteiger partial charge in [0.05, 0.1) is 25.8 Å². The lowest BCUT2D eigenvalue weighted by Crippen LogP contribution is -2.39. The molecule has 0 radical (unpaired) electrons. The molecule has 0 saturated carbocycles. The molecule has 1 aliphatic rings. The van der Waals surface area contributed by atoms with Gasteiger partial charge in [0.2, 0.25) is 5.91 Å². The smallest absolute Gasteiger partial charge is 0.256 e. The summed E-state index contributed by atoms with van der Waals surface area (Å²) in [6.07, 6.45) is 0.437. The van der Waals surface area contributed by atoms with Crippen LogP contribution < -0.4 is 19.7 Å². The first-order chi connectivity index (χ1) is 17.9. The van der Waals surface area contributed by atoms with Gasteiger partial charge in [0, 0.05) is 18.3 Å². The minimum absolute atomic E-state index is 0.0894. The van der Waals surface area contributed by atoms with Crippen LogP contribution >= 0.6 is 12.2 Å². The molecule has 9 heteroatoms. The van der Waals surface area contributed by atoms with E-state index in [9.17, 15) is 14.0 Å². The Morgan fingerprint density at radius 3 is 2.46 bits per heavy atom. The molecule has 2 amide bonds. The fourth-order valence-corrected chi connectivity index (χ4v) is 4.59. The van der Waals surface area contributed by atoms with Crippen molar-refractivity contribution in [3.63, 3.8) is 0 Å². The van der Waals surface area contributed by atoms with Crippen LogP contribution in [0.3, 0.4) is 0 Å². The monoisotopic (exact) mass is 521 g/mol. The van der Waals surface area contributed by atoms with E-state index >= 15 is 0 Å². The number of halogens is 1. The molecule has 1 heterocycles. The molecule has 0 unspecified atom stereocenters. The highest BCUT2D eigenvalue weighted by molar-refractivity contribution is 7.80. The summed E-state index contributed by atoms with van der Waals surface area (Å²) in [6, 6.07) is 19.5. The summed E-state index contributed by atoms with van der Waals surface area (Å²) in [7, 11) is 1.57. The lowest BCUT2D eigenvalue weighted by Gasteiger charge is -2.24. The van der Waals surface area contributed by atoms with Gasteiger partial charge < -0.3 is 19.7 Å². The average Bonchev–Trinajstić information content (AvgIpc) is 3.12. The second-order valence-corrected chi connectivity index (χ2v) is 8.82. The number of nitrogens with zero attached hydrogens (tertiary/aromatic N) is 2. The fraction of sp³-hybridized carbons (Fsp3) is 0.250. The van der Waals surface area contributed by atoms with E-state index in [4.69, 9.17) is 21.7 Å². The van der Waals surface area contributed by atoms with Crippen molar-refractivity contribution in [2.75, 3.05) is 30.5 Å². The molecular weight excluding hydrogens is 493 g/mol. The minimum Gasteiger partial charge on any atom is -0.497 e. The molecule has 0 aliphatic carbocycles. The van der Waals surface area contributed by atoms with Crippen LogP contribution in [0, 0.1) is 5.82 Å². The predicted molar refractivity (Wildman–Crippen MR) is 145 cm³/mol. The van der Waals surface area contributed by atoms with Gasteiger partial charge in [-0.05, 0) is 79.7 Å². The zero-order valence-electron chi connectivity index (χ0n) is 20.6. The number of thiocarbonyl (C=S) groups is 1. The maximum atomic E-state index is 13.6. The van der Waals surface area contributed by atoms with E-state index in [1.807, 2.05) is 13.0 Å². The van der Waals surface area contributed by atoms with E-state index in [0.717, 1.165) is 5.56 Å². The van der Waals surface area contributed by atoms with E-state index in [0.29, 0.717) is 47.6 Å². The first-order valence-electron chi connectivity index (χ1n) is 12.0. The largest absolute Gasteiger partial charge is 0.497 e. The van der Waals surface area contributed by atoms with E-state index < -0.39 is 6.04 Å². The second kappa shape index (κ2) is 11.8. The lowest BCUT2D eigenvalue weighted by molar-refractivity contribution is -0.124. The summed E-state index contributed by atoms with van der Waals surface area (Å²) in [4.78, 5) is 29.8. The van der Waals surface area contributed by atoms with Crippen LogP contribution in [-0.4, -0.2) is 48.1 Å². The van der Waals surface area contributed by atoms with Crippen LogP contribution in [0.5, 0.6) is 11.5 Å². The van der Waals surface area contributed by atoms with E-state index in [2.05, 4.69) is 5.32 Å². The number of carbonyl (C=O) groups excluding carboxylic acids is 2. The van der Waals surface area contributed by atoms with E-state index in [1.54, 1.807) is 66.6 Å². The molecule has 0 aromatic heterocycles. The van der Waals surface area contributed by atoms with Crippen molar-refractivity contribution in [1.82, 2.24) is 4.90 Å². The summed E-state index contributed by atoms with van der Waals surface area (Å²) in [6.45, 7) is 2.78. The summed E-state index contributed by atoms with van der Waals surface area (Å²) in [5.41, 5.74) is 2.07. The van der Waals surface area contributed by atoms with Crippen molar-refractivity contribution in [2.45, 2.75) is 25.8 Å². The van der Waals surface area contributed by atoms with Gasteiger partial charge in [-0.3, -0.25) is 14.5 Å². The maximum absolute atomic E-state index is 13.6. The van der Waals surface area contributed by atoms with Gasteiger partial charge in [-0.25, -0.2) is 4.39 Å². The molecule has 1 saturated heterocycles. The summed E-state index contributed by atoms with van der Waals surface area (Å²) in [5.74, 6) is 0.375. The fourth-order valence-electron chi connectivity index (χ4n) is 4.17. The molecule has 1 atom stereocenters. The van der Waals surface area contributed by atoms with Gasteiger partial charge in [-0.2, -0.15) is 0 Å². The Morgan fingerprint density at radius 2 is 1.78 bits per heavy atom. The van der Waals surface area contributed by atoms with Gasteiger partial charge in [0.25, 0.3) is 5.91 Å². The molecule has 0 bridgehead atoms. The third-order valence-corrected chi connectivity index (χ3v) is 6.43. The van der Waals surface area contributed by atoms with E-state index in [1.165, 1.54) is 17.0 Å². The van der Waals surface area contributed by atoms with Gasteiger partial charge in [-0.15, -0.1) is 0 Å². The molecular formula is C28H28FN3O4S. The Labute approximate surface area is 220 Å². The van der Waals surface area contributed by atoms with Gasteiger partial charge in [0.15, 0.2) is 5.11 Å². The molecule has 1 N–H and O–H groups in total. The number of hydrogen-bond donors (Lipinski definition) is 1. The number of anilines is 2. The van der Waals surface area contributed by atoms with Gasteiger partial charge in [0.1, 0.15) is 23.4 Å². The minimum atomic E-state index is -0.787. The first-order valence-corrected chi connectivity index (χ1v) is 12.4. The van der Waals surface area contributed by atoms with Crippen molar-refractivity contribution in [1.29, 1.82) is 0 Å². The normalized spacial score (nSPS) is 15.2. The number of nitrogens with one attached hydrogen (secondary N) is 1. The number of carbonyl (C=O) groups is 2. The predicted octanol–water partition coefficient (Wildman–Crippen LogP) is 4.81. The Kier molecular flexibility index (Phi) is 8.35. The van der Waals surface area contributed by atoms with E-state index in [-0.39, 0.29) is 24.1 Å². The van der Waals surface area contributed by atoms with Crippen LogP contribution in [-0.2, 0) is 16.0 Å². The third-order valence-electron chi connectivity index (χ3n) is 6.01. The SMILES string of the molecule is CCOc1cccc(NC(=O)C[C@H]2C(=O)N(c3ccc(OC)cc3)C(=S)N2CCc2ccc(F)cc2)c1. The van der Waals surface area contributed by atoms with Gasteiger partial charge in [-0.1, -0.05) is 18.2 Å². The maximum Gasteiger partial charge on any atom is 0.256 e. The Balaban J connectivity index is 1.54. The number of methoxy groups -OCH3 is 1. The van der Waals surface area contributed by atoms with Crippen LogP contribution in [0.2, 0.25) is 0 Å². The number of hydrogen-bond acceptors (Lipinski definition) is 5. The highest BCUT2D eigenvalue weighted by Gasteiger charge is 2.43. The molecule has 3 aromatic carbocycles. The number of benzene rings is 3. The number of rotatable bonds is 10. The van der Waals surface area contributed by atoms with Crippen LogP contribution in [0.1, 0.15) is 18.9 Å². The van der Waals surface area contributed by atoms with Crippen molar-refractivity contribution in [2.24, 2.45) is 0 Å². The zero-order valence-corrected chi connectivity index (χ0v) is 21.5. The lowest BCUT2D eigenvalue weighted by atomic mass is 10.1. The quantitative estimate of drug-likeness (QED) is 0.386. The molecule has 0 spiro atoms. The highest BCUT2D eigenvalue weighted by Crippen LogP contribution is 2.29. The summed E-state index contributed by atoms with van der Waals surface area (Å²) < 4.78 is 24.1. The Bertz CT molecular complexity index is 1270. The third kappa shape index (κ3) is 6.24. The van der Waals surface area contributed by atoms with Crippen LogP contribution in [0.4, 0.5) is 15.8 Å². The van der Waals surface area contributed by atoms with Crippen molar-refractivity contribution in [3.05, 3.63) is 84.2 Å². The molecule has 192 valence electrons. The zero-order chi connectivity index (χ0) is 26.4. The van der Waals surface area contributed by atoms with Crippen LogP contribution in [0.25, 0.3) is 0 Å². The van der Waals surface area contributed by atoms with Crippen molar-refractivity contribution >= 4 is 40.5 Å². The Hall–Kier alpha value is -3.98. The van der Waals surface area contributed by atoms with Crippen LogP contribution in [0.15, 0.2) is 72.8 Å².